The Morgan fingerprint density at radius 1 is 1.21 bits per heavy atom. The van der Waals surface area contributed by atoms with Gasteiger partial charge in [0.05, 0.1) is 12.7 Å². The summed E-state index contributed by atoms with van der Waals surface area (Å²) in [5.41, 5.74) is 3.58. The highest BCUT2D eigenvalue weighted by Gasteiger charge is 2.11. The topological polar surface area (TPSA) is 67.0 Å². The first kappa shape index (κ1) is 18.2. The fourth-order valence-electron chi connectivity index (χ4n) is 2.39. The van der Waals surface area contributed by atoms with E-state index in [2.05, 4.69) is 35.4 Å². The molecule has 2 rings (SSSR count). The fourth-order valence-corrected chi connectivity index (χ4v) is 2.39. The highest BCUT2D eigenvalue weighted by atomic mass is 16.5. The van der Waals surface area contributed by atoms with E-state index in [1.807, 2.05) is 38.1 Å². The summed E-state index contributed by atoms with van der Waals surface area (Å²) in [6, 6.07) is 9.88. The van der Waals surface area contributed by atoms with Gasteiger partial charge in [0, 0.05) is 12.2 Å². The van der Waals surface area contributed by atoms with Gasteiger partial charge in [0.1, 0.15) is 5.69 Å². The number of carbonyl (C=O) groups excluding carboxylic acids is 1. The van der Waals surface area contributed by atoms with Gasteiger partial charge in [0.25, 0.3) is 5.91 Å². The lowest BCUT2D eigenvalue weighted by Crippen LogP contribution is -2.23. The van der Waals surface area contributed by atoms with Gasteiger partial charge in [-0.2, -0.15) is 5.10 Å². The number of aromatic nitrogens is 2. The number of nitrogens with one attached hydrogen (secondary N) is 2. The van der Waals surface area contributed by atoms with Crippen molar-refractivity contribution >= 4 is 5.91 Å². The number of aromatic amines is 1. The molecule has 0 saturated heterocycles. The number of carbonyl (C=O) groups is 1. The SMILES string of the molecule is CC(C)Cc1cc(C(=O)NCc2cccc(COC(C)C)c2)n[nH]1. The Bertz CT molecular complexity index is 662. The number of amides is 1. The molecule has 0 aliphatic carbocycles. The van der Waals surface area contributed by atoms with Crippen LogP contribution in [0.25, 0.3) is 0 Å². The van der Waals surface area contributed by atoms with E-state index in [0.717, 1.165) is 23.2 Å². The lowest BCUT2D eigenvalue weighted by atomic mass is 10.1. The van der Waals surface area contributed by atoms with Crippen LogP contribution < -0.4 is 5.32 Å². The molecule has 2 aromatic rings. The molecule has 2 N–H and O–H groups in total. The first-order valence-electron chi connectivity index (χ1n) is 8.46. The maximum atomic E-state index is 12.2. The Kier molecular flexibility index (Phi) is 6.55. The van der Waals surface area contributed by atoms with E-state index in [0.29, 0.717) is 24.8 Å². The minimum atomic E-state index is -0.162. The molecule has 0 saturated carbocycles. The van der Waals surface area contributed by atoms with Crippen molar-refractivity contribution in [2.24, 2.45) is 5.92 Å². The second-order valence-electron chi connectivity index (χ2n) is 6.74. The third-order valence-corrected chi connectivity index (χ3v) is 3.52. The van der Waals surface area contributed by atoms with Gasteiger partial charge in [-0.25, -0.2) is 0 Å². The summed E-state index contributed by atoms with van der Waals surface area (Å²) in [4.78, 5) is 12.2. The summed E-state index contributed by atoms with van der Waals surface area (Å²) in [7, 11) is 0. The molecule has 1 amide bonds. The second kappa shape index (κ2) is 8.64. The highest BCUT2D eigenvalue weighted by molar-refractivity contribution is 5.92. The lowest BCUT2D eigenvalue weighted by Gasteiger charge is -2.09. The molecule has 5 nitrogen and oxygen atoms in total. The average Bonchev–Trinajstić information content (AvgIpc) is 2.99. The summed E-state index contributed by atoms with van der Waals surface area (Å²) >= 11 is 0. The van der Waals surface area contributed by atoms with Crippen molar-refractivity contribution in [1.29, 1.82) is 0 Å². The molecule has 1 heterocycles. The molecule has 0 atom stereocenters. The maximum Gasteiger partial charge on any atom is 0.272 e. The van der Waals surface area contributed by atoms with Crippen molar-refractivity contribution in [1.82, 2.24) is 15.5 Å². The predicted molar refractivity (Wildman–Crippen MR) is 94.7 cm³/mol. The van der Waals surface area contributed by atoms with Gasteiger partial charge in [-0.1, -0.05) is 38.1 Å². The zero-order valence-electron chi connectivity index (χ0n) is 14.9. The first-order valence-corrected chi connectivity index (χ1v) is 8.46. The third-order valence-electron chi connectivity index (χ3n) is 3.52. The third kappa shape index (κ3) is 5.81. The Morgan fingerprint density at radius 2 is 1.96 bits per heavy atom. The Balaban J connectivity index is 1.89. The standard InChI is InChI=1S/C19H27N3O2/c1-13(2)8-17-10-18(22-21-17)19(23)20-11-15-6-5-7-16(9-15)12-24-14(3)4/h5-7,9-10,13-14H,8,11-12H2,1-4H3,(H,20,23)(H,21,22). The van der Waals surface area contributed by atoms with E-state index >= 15 is 0 Å². The van der Waals surface area contributed by atoms with Crippen molar-refractivity contribution in [3.63, 3.8) is 0 Å². The summed E-state index contributed by atoms with van der Waals surface area (Å²) < 4.78 is 5.61. The normalized spacial score (nSPS) is 11.2. The minimum absolute atomic E-state index is 0.162. The predicted octanol–water partition coefficient (Wildman–Crippen LogP) is 3.46. The zero-order valence-corrected chi connectivity index (χ0v) is 14.9. The largest absolute Gasteiger partial charge is 0.374 e. The van der Waals surface area contributed by atoms with Crippen LogP contribution in [0.15, 0.2) is 30.3 Å². The lowest BCUT2D eigenvalue weighted by molar-refractivity contribution is 0.0657. The Morgan fingerprint density at radius 3 is 2.67 bits per heavy atom. The number of benzene rings is 1. The molecular weight excluding hydrogens is 302 g/mol. The van der Waals surface area contributed by atoms with Crippen LogP contribution in [-0.4, -0.2) is 22.2 Å². The first-order chi connectivity index (χ1) is 11.4. The Labute approximate surface area is 143 Å². The summed E-state index contributed by atoms with van der Waals surface area (Å²) in [5.74, 6) is 0.363. The van der Waals surface area contributed by atoms with Crippen LogP contribution >= 0.6 is 0 Å². The molecule has 130 valence electrons. The van der Waals surface area contributed by atoms with Crippen LogP contribution in [0.3, 0.4) is 0 Å². The minimum Gasteiger partial charge on any atom is -0.374 e. The van der Waals surface area contributed by atoms with Crippen LogP contribution in [0.2, 0.25) is 0 Å². The number of rotatable bonds is 8. The van der Waals surface area contributed by atoms with Crippen LogP contribution in [0, 0.1) is 5.92 Å². The molecule has 0 aliphatic heterocycles. The number of nitrogens with zero attached hydrogens (tertiary/aromatic N) is 1. The van der Waals surface area contributed by atoms with Crippen molar-refractivity contribution in [2.45, 2.75) is 53.4 Å². The van der Waals surface area contributed by atoms with E-state index in [-0.39, 0.29) is 12.0 Å². The van der Waals surface area contributed by atoms with Crippen molar-refractivity contribution in [3.05, 3.63) is 52.8 Å². The molecule has 1 aromatic heterocycles. The molecule has 0 radical (unpaired) electrons. The molecular formula is C19H27N3O2. The Hall–Kier alpha value is -2.14. The molecule has 0 spiro atoms. The quantitative estimate of drug-likeness (QED) is 0.779. The average molecular weight is 329 g/mol. The number of ether oxygens (including phenoxy) is 1. The number of hydrogen-bond acceptors (Lipinski definition) is 3. The molecule has 0 aliphatic rings. The van der Waals surface area contributed by atoms with Gasteiger partial charge in [-0.15, -0.1) is 0 Å². The van der Waals surface area contributed by atoms with Gasteiger partial charge in [0.2, 0.25) is 0 Å². The molecule has 24 heavy (non-hydrogen) atoms. The van der Waals surface area contributed by atoms with E-state index in [1.165, 1.54) is 0 Å². The van der Waals surface area contributed by atoms with Crippen molar-refractivity contribution in [3.8, 4) is 0 Å². The van der Waals surface area contributed by atoms with E-state index in [4.69, 9.17) is 4.74 Å². The zero-order chi connectivity index (χ0) is 17.5. The second-order valence-corrected chi connectivity index (χ2v) is 6.74. The van der Waals surface area contributed by atoms with Crippen LogP contribution in [0.4, 0.5) is 0 Å². The molecule has 5 heteroatoms. The van der Waals surface area contributed by atoms with Crippen LogP contribution in [-0.2, 0) is 24.3 Å². The van der Waals surface area contributed by atoms with E-state index < -0.39 is 0 Å². The monoisotopic (exact) mass is 329 g/mol. The maximum absolute atomic E-state index is 12.2. The fraction of sp³-hybridized carbons (Fsp3) is 0.474. The smallest absolute Gasteiger partial charge is 0.272 e. The van der Waals surface area contributed by atoms with Crippen LogP contribution in [0.5, 0.6) is 0 Å². The highest BCUT2D eigenvalue weighted by Crippen LogP contribution is 2.09. The van der Waals surface area contributed by atoms with E-state index in [9.17, 15) is 4.79 Å². The molecule has 0 bridgehead atoms. The van der Waals surface area contributed by atoms with Crippen molar-refractivity contribution < 1.29 is 9.53 Å². The van der Waals surface area contributed by atoms with Gasteiger partial charge >= 0.3 is 0 Å². The summed E-state index contributed by atoms with van der Waals surface area (Å²) in [6.07, 6.45) is 1.09. The summed E-state index contributed by atoms with van der Waals surface area (Å²) in [6.45, 7) is 9.36. The van der Waals surface area contributed by atoms with Gasteiger partial charge in [0.15, 0.2) is 0 Å². The van der Waals surface area contributed by atoms with Gasteiger partial charge < -0.3 is 10.1 Å². The van der Waals surface area contributed by atoms with Gasteiger partial charge in [-0.05, 0) is 43.4 Å². The van der Waals surface area contributed by atoms with Crippen LogP contribution in [0.1, 0.15) is 55.0 Å². The molecule has 0 unspecified atom stereocenters. The molecule has 0 fully saturated rings. The van der Waals surface area contributed by atoms with E-state index in [1.54, 1.807) is 0 Å². The summed E-state index contributed by atoms with van der Waals surface area (Å²) in [5, 5.41) is 9.93. The molecule has 1 aromatic carbocycles. The number of hydrogen-bond donors (Lipinski definition) is 2. The van der Waals surface area contributed by atoms with Crippen molar-refractivity contribution in [2.75, 3.05) is 0 Å². The van der Waals surface area contributed by atoms with Gasteiger partial charge in [-0.3, -0.25) is 9.89 Å². The number of H-pyrrole nitrogens is 1.